The molecule has 0 N–H and O–H groups in total. The Bertz CT molecular complexity index is 581. The van der Waals surface area contributed by atoms with Crippen LogP contribution in [0.5, 0.6) is 5.75 Å². The predicted octanol–water partition coefficient (Wildman–Crippen LogP) is 2.83. The van der Waals surface area contributed by atoms with E-state index in [1.807, 2.05) is 0 Å². The Labute approximate surface area is 152 Å². The van der Waals surface area contributed by atoms with Crippen LogP contribution < -0.4 is 4.74 Å². The Hall–Kier alpha value is -1.10. The monoisotopic (exact) mass is 343 g/mol. The van der Waals surface area contributed by atoms with Crippen molar-refractivity contribution < 1.29 is 4.74 Å². The summed E-state index contributed by atoms with van der Waals surface area (Å²) in [6.07, 6.45) is 4.28. The molecule has 0 spiro atoms. The molecule has 0 bridgehead atoms. The van der Waals surface area contributed by atoms with Crippen LogP contribution in [0.2, 0.25) is 0 Å². The fourth-order valence-corrected chi connectivity index (χ4v) is 5.03. The summed E-state index contributed by atoms with van der Waals surface area (Å²) in [7, 11) is 1.73. The fraction of sp³-hybridized carbons (Fsp3) is 0.714. The highest BCUT2D eigenvalue weighted by Gasteiger charge is 2.43. The number of ether oxygens (including phenoxy) is 1. The summed E-state index contributed by atoms with van der Waals surface area (Å²) in [4.78, 5) is 8.22. The second-order valence-electron chi connectivity index (χ2n) is 8.76. The first-order valence-electron chi connectivity index (χ1n) is 9.91. The highest BCUT2D eigenvalue weighted by Crippen LogP contribution is 2.32. The first kappa shape index (κ1) is 17.3. The summed E-state index contributed by atoms with van der Waals surface area (Å²) in [5.74, 6) is 0.942. The van der Waals surface area contributed by atoms with E-state index in [1.54, 1.807) is 7.11 Å². The van der Waals surface area contributed by atoms with Crippen molar-refractivity contribution in [1.82, 2.24) is 14.7 Å². The summed E-state index contributed by atoms with van der Waals surface area (Å²) in [6.45, 7) is 12.0. The molecule has 4 rings (SSSR count). The number of piperazine rings is 2. The molecule has 1 saturated carbocycles. The van der Waals surface area contributed by atoms with Gasteiger partial charge in [0.1, 0.15) is 5.75 Å². The lowest BCUT2D eigenvalue weighted by atomic mass is 9.88. The molecule has 1 aromatic rings. The van der Waals surface area contributed by atoms with Gasteiger partial charge in [-0.3, -0.25) is 14.7 Å². The summed E-state index contributed by atoms with van der Waals surface area (Å²) >= 11 is 0. The zero-order valence-corrected chi connectivity index (χ0v) is 16.1. The maximum atomic E-state index is 5.29. The summed E-state index contributed by atoms with van der Waals surface area (Å²) in [5, 5.41) is 0. The maximum absolute atomic E-state index is 5.29. The van der Waals surface area contributed by atoms with Crippen LogP contribution in [-0.4, -0.2) is 72.2 Å². The topological polar surface area (TPSA) is 19.0 Å². The Balaban J connectivity index is 1.43. The second kappa shape index (κ2) is 6.90. The molecule has 4 nitrogen and oxygen atoms in total. The lowest BCUT2D eigenvalue weighted by Gasteiger charge is -2.57. The van der Waals surface area contributed by atoms with Crippen LogP contribution in [0.25, 0.3) is 0 Å². The number of nitrogens with zero attached hydrogens (tertiary/aromatic N) is 3. The molecule has 4 heteroatoms. The molecule has 1 atom stereocenters. The van der Waals surface area contributed by atoms with Crippen LogP contribution in [0.4, 0.5) is 0 Å². The molecule has 1 aliphatic carbocycles. The molecule has 3 aliphatic rings. The number of methoxy groups -OCH3 is 1. The van der Waals surface area contributed by atoms with Gasteiger partial charge < -0.3 is 4.74 Å². The van der Waals surface area contributed by atoms with E-state index in [2.05, 4.69) is 52.8 Å². The zero-order chi connectivity index (χ0) is 17.4. The average Bonchev–Trinajstić information content (AvgIpc) is 2.53. The summed E-state index contributed by atoms with van der Waals surface area (Å²) in [5.41, 5.74) is 1.65. The molecule has 0 amide bonds. The molecular weight excluding hydrogens is 310 g/mol. The molecular formula is C21H33N3O. The molecule has 1 unspecified atom stereocenters. The van der Waals surface area contributed by atoms with Gasteiger partial charge in [0, 0.05) is 56.9 Å². The van der Waals surface area contributed by atoms with E-state index in [9.17, 15) is 0 Å². The molecule has 0 radical (unpaired) electrons. The van der Waals surface area contributed by atoms with Crippen LogP contribution in [0.3, 0.4) is 0 Å². The molecule has 2 aliphatic heterocycles. The van der Waals surface area contributed by atoms with Crippen LogP contribution >= 0.6 is 0 Å². The van der Waals surface area contributed by atoms with Crippen LogP contribution in [0.15, 0.2) is 24.3 Å². The van der Waals surface area contributed by atoms with Gasteiger partial charge in [0.25, 0.3) is 0 Å². The Morgan fingerprint density at radius 3 is 2.44 bits per heavy atom. The van der Waals surface area contributed by atoms with Crippen molar-refractivity contribution in [2.45, 2.75) is 57.3 Å². The number of hydrogen-bond acceptors (Lipinski definition) is 4. The normalized spacial score (nSPS) is 28.4. The molecule has 2 heterocycles. The number of benzene rings is 1. The van der Waals surface area contributed by atoms with E-state index in [4.69, 9.17) is 4.74 Å². The van der Waals surface area contributed by atoms with Crippen LogP contribution in [-0.2, 0) is 6.54 Å². The van der Waals surface area contributed by atoms with E-state index < -0.39 is 0 Å². The summed E-state index contributed by atoms with van der Waals surface area (Å²) in [6, 6.07) is 10.1. The van der Waals surface area contributed by atoms with Gasteiger partial charge in [0.15, 0.2) is 0 Å². The van der Waals surface area contributed by atoms with Gasteiger partial charge in [-0.15, -0.1) is 0 Å². The highest BCUT2D eigenvalue weighted by atomic mass is 16.5. The SMILES string of the molecule is COc1ccc(CN2CC3CN(C4CCC4)CCN3C(C)(C)C2)cc1. The van der Waals surface area contributed by atoms with E-state index in [-0.39, 0.29) is 5.54 Å². The molecule has 3 fully saturated rings. The minimum atomic E-state index is 0.265. The quantitative estimate of drug-likeness (QED) is 0.837. The molecule has 25 heavy (non-hydrogen) atoms. The lowest BCUT2D eigenvalue weighted by Crippen LogP contribution is -2.70. The van der Waals surface area contributed by atoms with E-state index in [0.29, 0.717) is 6.04 Å². The number of rotatable bonds is 4. The fourth-order valence-electron chi connectivity index (χ4n) is 5.03. The van der Waals surface area contributed by atoms with Gasteiger partial charge in [-0.05, 0) is 44.4 Å². The zero-order valence-electron chi connectivity index (χ0n) is 16.1. The first-order valence-corrected chi connectivity index (χ1v) is 9.91. The van der Waals surface area contributed by atoms with Crippen LogP contribution in [0.1, 0.15) is 38.7 Å². The third-order valence-corrected chi connectivity index (χ3v) is 6.53. The first-order chi connectivity index (χ1) is 12.0. The summed E-state index contributed by atoms with van der Waals surface area (Å²) < 4.78 is 5.29. The van der Waals surface area contributed by atoms with Crippen LogP contribution in [0, 0.1) is 0 Å². The largest absolute Gasteiger partial charge is 0.497 e. The van der Waals surface area contributed by atoms with Crippen molar-refractivity contribution >= 4 is 0 Å². The van der Waals surface area contributed by atoms with Gasteiger partial charge >= 0.3 is 0 Å². The van der Waals surface area contributed by atoms with Crippen molar-refractivity contribution in [1.29, 1.82) is 0 Å². The third-order valence-electron chi connectivity index (χ3n) is 6.53. The number of fused-ring (bicyclic) bond motifs is 1. The third kappa shape index (κ3) is 3.57. The standard InChI is InChI=1S/C21H33N3O/c1-21(2)16-22(13-17-7-9-20(25-3)10-8-17)14-19-15-23(11-12-24(19)21)18-5-4-6-18/h7-10,18-19H,4-6,11-16H2,1-3H3. The Morgan fingerprint density at radius 2 is 1.80 bits per heavy atom. The average molecular weight is 344 g/mol. The van der Waals surface area contributed by atoms with E-state index in [1.165, 1.54) is 51.0 Å². The van der Waals surface area contributed by atoms with Crippen molar-refractivity contribution in [3.05, 3.63) is 29.8 Å². The van der Waals surface area contributed by atoms with Crippen molar-refractivity contribution in [2.75, 3.05) is 39.8 Å². The highest BCUT2D eigenvalue weighted by molar-refractivity contribution is 5.27. The minimum absolute atomic E-state index is 0.265. The van der Waals surface area contributed by atoms with Gasteiger partial charge in [-0.1, -0.05) is 18.6 Å². The van der Waals surface area contributed by atoms with Gasteiger partial charge in [0.05, 0.1) is 7.11 Å². The molecule has 1 aromatic carbocycles. The Kier molecular flexibility index (Phi) is 4.78. The second-order valence-corrected chi connectivity index (χ2v) is 8.76. The van der Waals surface area contributed by atoms with Crippen molar-refractivity contribution in [3.63, 3.8) is 0 Å². The predicted molar refractivity (Wildman–Crippen MR) is 102 cm³/mol. The minimum Gasteiger partial charge on any atom is -0.497 e. The maximum Gasteiger partial charge on any atom is 0.118 e. The van der Waals surface area contributed by atoms with E-state index in [0.717, 1.165) is 24.9 Å². The molecule has 2 saturated heterocycles. The van der Waals surface area contributed by atoms with E-state index >= 15 is 0 Å². The van der Waals surface area contributed by atoms with Gasteiger partial charge in [0.2, 0.25) is 0 Å². The molecule has 138 valence electrons. The number of hydrogen-bond donors (Lipinski definition) is 0. The van der Waals surface area contributed by atoms with Crippen molar-refractivity contribution in [3.8, 4) is 5.75 Å². The van der Waals surface area contributed by atoms with Gasteiger partial charge in [-0.25, -0.2) is 0 Å². The van der Waals surface area contributed by atoms with Crippen molar-refractivity contribution in [2.24, 2.45) is 0 Å². The lowest BCUT2D eigenvalue weighted by molar-refractivity contribution is -0.0807. The molecule has 0 aromatic heterocycles. The van der Waals surface area contributed by atoms with Gasteiger partial charge in [-0.2, -0.15) is 0 Å². The smallest absolute Gasteiger partial charge is 0.118 e. The Morgan fingerprint density at radius 1 is 1.04 bits per heavy atom.